The largest absolute Gasteiger partial charge is 0.383 e. The first-order chi connectivity index (χ1) is 10.4. The summed E-state index contributed by atoms with van der Waals surface area (Å²) < 4.78 is 40.1. The first-order valence-corrected chi connectivity index (χ1v) is 9.30. The van der Waals surface area contributed by atoms with E-state index in [4.69, 9.17) is 0 Å². The van der Waals surface area contributed by atoms with E-state index in [9.17, 15) is 17.9 Å². The van der Waals surface area contributed by atoms with Gasteiger partial charge in [0.1, 0.15) is 11.4 Å². The third kappa shape index (κ3) is 3.08. The highest BCUT2D eigenvalue weighted by Crippen LogP contribution is 2.46. The van der Waals surface area contributed by atoms with Crippen molar-refractivity contribution in [2.45, 2.75) is 23.3 Å². The number of halogens is 1. The Bertz CT molecular complexity index is 757. The van der Waals surface area contributed by atoms with Gasteiger partial charge in [0.2, 0.25) is 10.0 Å². The monoisotopic (exact) mass is 341 g/mol. The summed E-state index contributed by atoms with van der Waals surface area (Å²) in [5, 5.41) is 12.7. The Morgan fingerprint density at radius 2 is 2.09 bits per heavy atom. The molecule has 1 unspecified atom stereocenters. The van der Waals surface area contributed by atoms with Gasteiger partial charge in [0.05, 0.1) is 4.90 Å². The van der Waals surface area contributed by atoms with E-state index in [0.29, 0.717) is 0 Å². The molecule has 0 amide bonds. The molecule has 4 nitrogen and oxygen atoms in total. The standard InChI is InChI=1S/C15H16FNO3S2/c16-12-3-1-4-13(9-12)22(19,20)17-10-15(18,11-6-7-11)14-5-2-8-21-14/h1-5,8-9,11,17-18H,6-7,10H2. The average Bonchev–Trinajstić information content (AvgIpc) is 3.20. The predicted molar refractivity (Wildman–Crippen MR) is 82.5 cm³/mol. The van der Waals surface area contributed by atoms with Crippen molar-refractivity contribution in [3.8, 4) is 0 Å². The quantitative estimate of drug-likeness (QED) is 0.848. The predicted octanol–water partition coefficient (Wildman–Crippen LogP) is 2.46. The lowest BCUT2D eigenvalue weighted by atomic mass is 9.96. The van der Waals surface area contributed by atoms with E-state index >= 15 is 0 Å². The SMILES string of the molecule is O=S(=O)(NCC(O)(c1cccs1)C1CC1)c1cccc(F)c1. The van der Waals surface area contributed by atoms with Crippen molar-refractivity contribution in [3.05, 3.63) is 52.5 Å². The smallest absolute Gasteiger partial charge is 0.240 e. The Kier molecular flexibility index (Phi) is 4.07. The van der Waals surface area contributed by atoms with E-state index in [1.165, 1.54) is 29.5 Å². The highest BCUT2D eigenvalue weighted by Gasteiger charge is 2.46. The Balaban J connectivity index is 1.81. The van der Waals surface area contributed by atoms with Crippen LogP contribution in [-0.4, -0.2) is 20.1 Å². The molecule has 0 bridgehead atoms. The first-order valence-electron chi connectivity index (χ1n) is 6.93. The number of rotatable bonds is 6. The molecule has 0 radical (unpaired) electrons. The molecular weight excluding hydrogens is 325 g/mol. The first kappa shape index (κ1) is 15.6. The maximum Gasteiger partial charge on any atom is 0.240 e. The van der Waals surface area contributed by atoms with E-state index in [1.807, 2.05) is 11.4 Å². The van der Waals surface area contributed by atoms with Gasteiger partial charge in [0.25, 0.3) is 0 Å². The minimum Gasteiger partial charge on any atom is -0.383 e. The lowest BCUT2D eigenvalue weighted by Crippen LogP contribution is -2.41. The number of thiophene rings is 1. The fraction of sp³-hybridized carbons (Fsp3) is 0.333. The van der Waals surface area contributed by atoms with Crippen LogP contribution in [0.5, 0.6) is 0 Å². The molecule has 1 aromatic heterocycles. The molecule has 3 rings (SSSR count). The zero-order chi connectivity index (χ0) is 15.8. The number of hydrogen-bond acceptors (Lipinski definition) is 4. The molecule has 1 aromatic carbocycles. The zero-order valence-corrected chi connectivity index (χ0v) is 13.3. The summed E-state index contributed by atoms with van der Waals surface area (Å²) >= 11 is 1.40. The molecule has 1 atom stereocenters. The lowest BCUT2D eigenvalue weighted by Gasteiger charge is -2.27. The van der Waals surface area contributed by atoms with Gasteiger partial charge in [-0.05, 0) is 48.4 Å². The summed E-state index contributed by atoms with van der Waals surface area (Å²) in [6, 6.07) is 8.45. The third-order valence-electron chi connectivity index (χ3n) is 3.84. The van der Waals surface area contributed by atoms with Crippen LogP contribution in [0.3, 0.4) is 0 Å². The van der Waals surface area contributed by atoms with Crippen molar-refractivity contribution >= 4 is 21.4 Å². The molecule has 0 saturated heterocycles. The molecule has 1 aliphatic rings. The van der Waals surface area contributed by atoms with Gasteiger partial charge in [-0.15, -0.1) is 11.3 Å². The second-order valence-electron chi connectivity index (χ2n) is 5.46. The Labute approximate surface area is 132 Å². The van der Waals surface area contributed by atoms with Crippen LogP contribution in [-0.2, 0) is 15.6 Å². The van der Waals surface area contributed by atoms with Crippen molar-refractivity contribution in [1.29, 1.82) is 0 Å². The molecule has 2 aromatic rings. The minimum absolute atomic E-state index is 0.0568. The van der Waals surface area contributed by atoms with E-state index in [2.05, 4.69) is 4.72 Å². The van der Waals surface area contributed by atoms with Crippen molar-refractivity contribution in [2.24, 2.45) is 5.92 Å². The average molecular weight is 341 g/mol. The zero-order valence-electron chi connectivity index (χ0n) is 11.7. The molecule has 118 valence electrons. The lowest BCUT2D eigenvalue weighted by molar-refractivity contribution is 0.0222. The van der Waals surface area contributed by atoms with Gasteiger partial charge in [-0.3, -0.25) is 0 Å². The van der Waals surface area contributed by atoms with E-state index < -0.39 is 21.4 Å². The van der Waals surface area contributed by atoms with Crippen LogP contribution in [0.25, 0.3) is 0 Å². The van der Waals surface area contributed by atoms with Crippen LogP contribution in [0.2, 0.25) is 0 Å². The van der Waals surface area contributed by atoms with Crippen LogP contribution in [0.1, 0.15) is 17.7 Å². The fourth-order valence-electron chi connectivity index (χ4n) is 2.44. The summed E-state index contributed by atoms with van der Waals surface area (Å²) in [4.78, 5) is 0.605. The molecule has 7 heteroatoms. The number of sulfonamides is 1. The van der Waals surface area contributed by atoms with Gasteiger partial charge >= 0.3 is 0 Å². The van der Waals surface area contributed by atoms with Gasteiger partial charge in [0.15, 0.2) is 0 Å². The molecule has 1 heterocycles. The summed E-state index contributed by atoms with van der Waals surface area (Å²) in [6.07, 6.45) is 1.74. The highest BCUT2D eigenvalue weighted by molar-refractivity contribution is 7.89. The number of benzene rings is 1. The van der Waals surface area contributed by atoms with Gasteiger partial charge in [-0.2, -0.15) is 0 Å². The second-order valence-corrected chi connectivity index (χ2v) is 8.17. The van der Waals surface area contributed by atoms with E-state index in [0.717, 1.165) is 23.8 Å². The number of nitrogens with one attached hydrogen (secondary N) is 1. The van der Waals surface area contributed by atoms with Crippen LogP contribution >= 0.6 is 11.3 Å². The van der Waals surface area contributed by atoms with Crippen molar-refractivity contribution in [2.75, 3.05) is 6.54 Å². The van der Waals surface area contributed by atoms with Crippen LogP contribution < -0.4 is 4.72 Å². The van der Waals surface area contributed by atoms with Crippen LogP contribution in [0, 0.1) is 11.7 Å². The van der Waals surface area contributed by atoms with Gasteiger partial charge < -0.3 is 5.11 Å². The third-order valence-corrected chi connectivity index (χ3v) is 6.27. The molecule has 0 aliphatic heterocycles. The second kappa shape index (κ2) is 5.73. The van der Waals surface area contributed by atoms with Crippen LogP contribution in [0.15, 0.2) is 46.7 Å². The maximum absolute atomic E-state index is 13.2. The molecule has 1 saturated carbocycles. The van der Waals surface area contributed by atoms with Crippen molar-refractivity contribution in [3.63, 3.8) is 0 Å². The number of hydrogen-bond donors (Lipinski definition) is 2. The van der Waals surface area contributed by atoms with Gasteiger partial charge in [-0.1, -0.05) is 12.1 Å². The van der Waals surface area contributed by atoms with Crippen LogP contribution in [0.4, 0.5) is 4.39 Å². The fourth-order valence-corrected chi connectivity index (χ4v) is 4.45. The molecule has 1 aliphatic carbocycles. The van der Waals surface area contributed by atoms with Gasteiger partial charge in [0, 0.05) is 11.4 Å². The Morgan fingerprint density at radius 3 is 2.68 bits per heavy atom. The summed E-state index contributed by atoms with van der Waals surface area (Å²) in [7, 11) is -3.86. The topological polar surface area (TPSA) is 66.4 Å². The van der Waals surface area contributed by atoms with Gasteiger partial charge in [-0.25, -0.2) is 17.5 Å². The minimum atomic E-state index is -3.86. The summed E-state index contributed by atoms with van der Waals surface area (Å²) in [5.41, 5.74) is -1.20. The molecule has 0 spiro atoms. The molecule has 2 N–H and O–H groups in total. The molecule has 1 fully saturated rings. The molecular formula is C15H16FNO3S2. The highest BCUT2D eigenvalue weighted by atomic mass is 32.2. The summed E-state index contributed by atoms with van der Waals surface area (Å²) in [5.74, 6) is -0.556. The normalized spacial score (nSPS) is 18.1. The maximum atomic E-state index is 13.2. The molecule has 22 heavy (non-hydrogen) atoms. The van der Waals surface area contributed by atoms with E-state index in [1.54, 1.807) is 6.07 Å². The van der Waals surface area contributed by atoms with Crippen molar-refractivity contribution < 1.29 is 17.9 Å². The summed E-state index contributed by atoms with van der Waals surface area (Å²) in [6.45, 7) is -0.114. The Morgan fingerprint density at radius 1 is 1.32 bits per heavy atom. The number of aliphatic hydroxyl groups is 1. The van der Waals surface area contributed by atoms with Crippen molar-refractivity contribution in [1.82, 2.24) is 4.72 Å². The Hall–Kier alpha value is -1.28. The van der Waals surface area contributed by atoms with E-state index in [-0.39, 0.29) is 17.4 Å².